The first-order valence-electron chi connectivity index (χ1n) is 5.81. The maximum Gasteiger partial charge on any atom is 0.411 e. The van der Waals surface area contributed by atoms with Crippen molar-refractivity contribution >= 4 is 40.2 Å². The molecule has 0 N–H and O–H groups in total. The highest BCUT2D eigenvalue weighted by atomic mass is 35.5. The quantitative estimate of drug-likeness (QED) is 0.493. The molecule has 1 aromatic carbocycles. The van der Waals surface area contributed by atoms with E-state index < -0.39 is 11.7 Å². The molecule has 0 radical (unpaired) electrons. The van der Waals surface area contributed by atoms with E-state index in [9.17, 15) is 14.9 Å². The van der Waals surface area contributed by atoms with Crippen LogP contribution in [0, 0.1) is 17.0 Å². The van der Waals surface area contributed by atoms with Crippen LogP contribution in [0.1, 0.15) is 16.2 Å². The Balaban J connectivity index is 2.79. The van der Waals surface area contributed by atoms with E-state index in [-0.39, 0.29) is 33.4 Å². The Hall–Kier alpha value is -2.05. The van der Waals surface area contributed by atoms with Crippen molar-refractivity contribution in [1.82, 2.24) is 4.73 Å². The van der Waals surface area contributed by atoms with Crippen LogP contribution in [-0.2, 0) is 4.74 Å². The molecule has 0 saturated carbocycles. The molecular weight excluding hydrogens is 319 g/mol. The molecule has 0 amide bonds. The fraction of sp³-hybridized carbons (Fsp3) is 0.154. The number of benzene rings is 1. The summed E-state index contributed by atoms with van der Waals surface area (Å²) in [6.07, 6.45) is 1.35. The van der Waals surface area contributed by atoms with Gasteiger partial charge in [-0.2, -0.15) is 0 Å². The zero-order chi connectivity index (χ0) is 15.7. The van der Waals surface area contributed by atoms with Crippen LogP contribution in [0.15, 0.2) is 24.8 Å². The van der Waals surface area contributed by atoms with Gasteiger partial charge in [0.25, 0.3) is 5.52 Å². The average Bonchev–Trinajstić information content (AvgIpc) is 2.45. The molecule has 0 spiro atoms. The van der Waals surface area contributed by atoms with Crippen LogP contribution < -0.4 is 4.43 Å². The summed E-state index contributed by atoms with van der Waals surface area (Å²) in [5.41, 5.74) is -0.560. The summed E-state index contributed by atoms with van der Waals surface area (Å²) in [7, 11) is 0. The summed E-state index contributed by atoms with van der Waals surface area (Å²) < 4.78 is 5.56. The van der Waals surface area contributed by atoms with Gasteiger partial charge in [0.05, 0.1) is 20.2 Å². The van der Waals surface area contributed by atoms with Gasteiger partial charge in [0.1, 0.15) is 12.1 Å². The van der Waals surface area contributed by atoms with Gasteiger partial charge < -0.3 is 14.7 Å². The van der Waals surface area contributed by atoms with Crippen molar-refractivity contribution < 1.29 is 14.0 Å². The zero-order valence-electron chi connectivity index (χ0n) is 10.9. The van der Waals surface area contributed by atoms with E-state index in [1.807, 2.05) is 0 Å². The van der Waals surface area contributed by atoms with Gasteiger partial charge in [-0.15, -0.1) is 0 Å². The highest BCUT2D eigenvalue weighted by molar-refractivity contribution is 6.42. The second kappa shape index (κ2) is 5.75. The molecule has 110 valence electrons. The topological polar surface area (TPSA) is 77.3 Å². The van der Waals surface area contributed by atoms with Gasteiger partial charge in [-0.05, 0) is 13.0 Å². The number of hydrogen-bond donors (Lipinski definition) is 0. The molecule has 21 heavy (non-hydrogen) atoms. The molecule has 0 fully saturated rings. The standard InChI is InChI=1S/C13H10Cl2N2O4/c1-3-4-21-13(18)12-7(2)16(19)10-5-8(14)9(15)6-11(10)17(12)20/h3,5-6H,1,4H2,2H3. The van der Waals surface area contributed by atoms with E-state index in [0.717, 1.165) is 0 Å². The first-order chi connectivity index (χ1) is 9.88. The molecule has 2 rings (SSSR count). The number of hydrogen-bond acceptors (Lipinski definition) is 4. The number of carbonyl (C=O) groups excluding carboxylic acids is 1. The first kappa shape index (κ1) is 15.3. The Labute approximate surface area is 129 Å². The van der Waals surface area contributed by atoms with Crippen molar-refractivity contribution in [2.24, 2.45) is 0 Å². The lowest BCUT2D eigenvalue weighted by atomic mass is 10.2. The monoisotopic (exact) mass is 328 g/mol. The number of fused-ring (bicyclic) bond motifs is 1. The highest BCUT2D eigenvalue weighted by Gasteiger charge is 2.28. The second-order valence-electron chi connectivity index (χ2n) is 4.16. The Morgan fingerprint density at radius 1 is 1.48 bits per heavy atom. The van der Waals surface area contributed by atoms with Gasteiger partial charge in [0, 0.05) is 11.0 Å². The number of halogens is 2. The number of aromatic nitrogens is 2. The summed E-state index contributed by atoms with van der Waals surface area (Å²) in [6, 6.07) is 2.50. The van der Waals surface area contributed by atoms with E-state index in [4.69, 9.17) is 27.9 Å². The van der Waals surface area contributed by atoms with Gasteiger partial charge in [-0.25, -0.2) is 4.79 Å². The number of ether oxygens (including phenoxy) is 1. The van der Waals surface area contributed by atoms with E-state index in [1.165, 1.54) is 25.1 Å². The fourth-order valence-electron chi connectivity index (χ4n) is 1.83. The third kappa shape index (κ3) is 2.59. The normalized spacial score (nSPS) is 10.6. The van der Waals surface area contributed by atoms with Crippen LogP contribution >= 0.6 is 23.2 Å². The summed E-state index contributed by atoms with van der Waals surface area (Å²) in [5.74, 6) is -0.917. The maximum absolute atomic E-state index is 12.3. The summed E-state index contributed by atoms with van der Waals surface area (Å²) in [5, 5.41) is 12.4. The minimum Gasteiger partial charge on any atom is -0.805 e. The number of esters is 1. The van der Waals surface area contributed by atoms with Crippen LogP contribution in [0.2, 0.25) is 10.0 Å². The molecule has 0 unspecified atom stereocenters. The predicted molar refractivity (Wildman–Crippen MR) is 79.3 cm³/mol. The first-order valence-corrected chi connectivity index (χ1v) is 6.56. The zero-order valence-corrected chi connectivity index (χ0v) is 12.4. The van der Waals surface area contributed by atoms with Gasteiger partial charge in [0.2, 0.25) is 0 Å². The summed E-state index contributed by atoms with van der Waals surface area (Å²) >= 11 is 11.7. The Morgan fingerprint density at radius 2 is 2.10 bits per heavy atom. The van der Waals surface area contributed by atoms with Crippen molar-refractivity contribution in [2.45, 2.75) is 6.92 Å². The van der Waals surface area contributed by atoms with Crippen LogP contribution in [0.3, 0.4) is 0 Å². The van der Waals surface area contributed by atoms with Crippen LogP contribution in [0.5, 0.6) is 0 Å². The largest absolute Gasteiger partial charge is 0.805 e. The van der Waals surface area contributed by atoms with Crippen molar-refractivity contribution in [3.8, 4) is 0 Å². The third-order valence-corrected chi connectivity index (χ3v) is 3.55. The molecule has 0 bridgehead atoms. The van der Waals surface area contributed by atoms with Gasteiger partial charge in [0.15, 0.2) is 0 Å². The van der Waals surface area contributed by atoms with Crippen molar-refractivity contribution in [3.05, 3.63) is 56.3 Å². The van der Waals surface area contributed by atoms with Crippen molar-refractivity contribution in [1.29, 1.82) is 0 Å². The summed E-state index contributed by atoms with van der Waals surface area (Å²) in [6.45, 7) is 4.67. The minimum atomic E-state index is -0.917. The fourth-order valence-corrected chi connectivity index (χ4v) is 2.14. The molecule has 0 aliphatic carbocycles. The molecule has 1 heterocycles. The molecule has 1 aromatic heterocycles. The number of rotatable bonds is 3. The average molecular weight is 329 g/mol. The third-order valence-electron chi connectivity index (χ3n) is 2.83. The molecule has 2 aromatic rings. The maximum atomic E-state index is 12.3. The van der Waals surface area contributed by atoms with Crippen LogP contribution in [-0.4, -0.2) is 17.3 Å². The van der Waals surface area contributed by atoms with Gasteiger partial charge in [-0.3, -0.25) is 0 Å². The molecule has 0 atom stereocenters. The molecule has 0 aliphatic heterocycles. The molecule has 0 saturated heterocycles. The lowest BCUT2D eigenvalue weighted by Gasteiger charge is -2.16. The van der Waals surface area contributed by atoms with Crippen molar-refractivity contribution in [3.63, 3.8) is 0 Å². The lowest BCUT2D eigenvalue weighted by Crippen LogP contribution is -2.31. The van der Waals surface area contributed by atoms with Crippen molar-refractivity contribution in [2.75, 3.05) is 6.61 Å². The highest BCUT2D eigenvalue weighted by Crippen LogP contribution is 2.27. The van der Waals surface area contributed by atoms with Crippen LogP contribution in [0.25, 0.3) is 11.0 Å². The molecule has 0 aliphatic rings. The number of carbonyl (C=O) groups is 1. The van der Waals surface area contributed by atoms with Gasteiger partial charge in [-0.1, -0.05) is 35.9 Å². The number of nitrogens with zero attached hydrogens (tertiary/aromatic N) is 2. The molecule has 8 heteroatoms. The molecule has 6 nitrogen and oxygen atoms in total. The van der Waals surface area contributed by atoms with Crippen LogP contribution in [0.4, 0.5) is 0 Å². The Kier molecular flexibility index (Phi) is 4.20. The predicted octanol–water partition coefficient (Wildman–Crippen LogP) is 2.86. The lowest BCUT2D eigenvalue weighted by molar-refractivity contribution is -0.469. The second-order valence-corrected chi connectivity index (χ2v) is 4.98. The smallest absolute Gasteiger partial charge is 0.411 e. The SMILES string of the molecule is C=CCOC(=O)c1c(C)n([O-])c2cc(Cl)c(Cl)cc2[n+]1=O. The Bertz CT molecular complexity index is 814. The van der Waals surface area contributed by atoms with E-state index >= 15 is 0 Å². The minimum absolute atomic E-state index is 0.0113. The van der Waals surface area contributed by atoms with Gasteiger partial charge >= 0.3 is 11.7 Å². The van der Waals surface area contributed by atoms with E-state index in [0.29, 0.717) is 9.16 Å². The molecular formula is C13H10Cl2N2O4. The van der Waals surface area contributed by atoms with E-state index in [1.54, 1.807) is 0 Å². The van der Waals surface area contributed by atoms with E-state index in [2.05, 4.69) is 6.58 Å². The summed E-state index contributed by atoms with van der Waals surface area (Å²) in [4.78, 5) is 24.2. The Morgan fingerprint density at radius 3 is 2.71 bits per heavy atom.